The molecule has 0 unspecified atom stereocenters. The van der Waals surface area contributed by atoms with Crippen LogP contribution in [0.1, 0.15) is 26.0 Å². The molecule has 4 aromatic heterocycles. The molecule has 5 aromatic carbocycles. The SMILES string of the molecule is C#C.CC.[B]CC/C(O)=C(O)\C(=C(\O)C[B])c1nc(-c2cccc(-n3c4ccccc4c4c5c6ccccc6sc5c5ccccc5c43)c2)nc2ncccc12. The standard InChI is InChI=1S/C42H28B2N4O3S.C2H6.C2H2/c43-19-18-31(49)39(51)36(32(50)22-44)37-29-15-8-20-45-42(29)47-41(46-37)23-9-7-10-24(21-23)48-30-16-5-3-13-27(30)34-35-28-14-4-6-17-33(28)52-40(35)26-12-2-1-11-25(26)38(34)48;2*1-2/h1-17,20-21,49-51H,18-19,22H2;1-2H3;1-2H/b36-32+,39-31-;;. The molecule has 0 amide bonds. The summed E-state index contributed by atoms with van der Waals surface area (Å²) in [5, 5.41) is 40.5. The van der Waals surface area contributed by atoms with Gasteiger partial charge in [-0.3, -0.25) is 0 Å². The monoisotopic (exact) mass is 746 g/mol. The van der Waals surface area contributed by atoms with Crippen molar-refractivity contribution in [3.05, 3.63) is 138 Å². The molecular weight excluding hydrogens is 710 g/mol. The van der Waals surface area contributed by atoms with E-state index in [9.17, 15) is 15.3 Å². The molecule has 4 heterocycles. The summed E-state index contributed by atoms with van der Waals surface area (Å²) in [6.45, 7) is 4.00. The molecule has 0 aliphatic rings. The molecule has 0 saturated carbocycles. The van der Waals surface area contributed by atoms with Gasteiger partial charge in [-0.1, -0.05) is 93.0 Å². The van der Waals surface area contributed by atoms with E-state index in [4.69, 9.17) is 25.7 Å². The Kier molecular flexibility index (Phi) is 10.8. The second-order valence-electron chi connectivity index (χ2n) is 12.6. The Bertz CT molecular complexity index is 3020. The number of terminal acetylenes is 1. The molecule has 0 atom stereocenters. The number of aliphatic hydroxyl groups excluding tert-OH is 3. The first-order valence-electron chi connectivity index (χ1n) is 18.2. The summed E-state index contributed by atoms with van der Waals surface area (Å²) in [6, 6.07) is 37.2. The van der Waals surface area contributed by atoms with Crippen LogP contribution in [0.3, 0.4) is 0 Å². The van der Waals surface area contributed by atoms with Gasteiger partial charge in [0.2, 0.25) is 0 Å². The van der Waals surface area contributed by atoms with E-state index in [1.165, 1.54) is 30.9 Å². The fraction of sp³-hybridized carbons (Fsp3) is 0.109. The number of rotatable bonds is 7. The summed E-state index contributed by atoms with van der Waals surface area (Å²) in [5.41, 5.74) is 4.18. The fourth-order valence-corrected chi connectivity index (χ4v) is 8.59. The highest BCUT2D eigenvalue weighted by Gasteiger charge is 2.24. The minimum absolute atomic E-state index is 0.00962. The number of benzene rings is 5. The number of pyridine rings is 1. The Labute approximate surface area is 331 Å². The molecule has 10 heteroatoms. The Balaban J connectivity index is 0.00000117. The summed E-state index contributed by atoms with van der Waals surface area (Å²) in [6.07, 6.45) is 9.39. The second-order valence-corrected chi connectivity index (χ2v) is 13.7. The van der Waals surface area contributed by atoms with Crippen molar-refractivity contribution in [1.82, 2.24) is 19.5 Å². The van der Waals surface area contributed by atoms with Crippen LogP contribution in [0.15, 0.2) is 133 Å². The van der Waals surface area contributed by atoms with Crippen molar-refractivity contribution < 1.29 is 15.3 Å². The summed E-state index contributed by atoms with van der Waals surface area (Å²) in [7, 11) is 11.5. The number of hydrogen-bond acceptors (Lipinski definition) is 7. The zero-order valence-corrected chi connectivity index (χ0v) is 31.8. The van der Waals surface area contributed by atoms with Gasteiger partial charge >= 0.3 is 0 Å². The van der Waals surface area contributed by atoms with Crippen molar-refractivity contribution in [2.45, 2.75) is 32.9 Å². The first-order chi connectivity index (χ1) is 27.5. The third-order valence-electron chi connectivity index (χ3n) is 9.59. The molecular formula is C46H36B2N4O3S. The summed E-state index contributed by atoms with van der Waals surface area (Å²) < 4.78 is 4.83. The van der Waals surface area contributed by atoms with Crippen LogP contribution >= 0.6 is 11.3 Å². The van der Waals surface area contributed by atoms with Gasteiger partial charge in [-0.2, -0.15) is 0 Å². The Morgan fingerprint density at radius 1 is 0.714 bits per heavy atom. The van der Waals surface area contributed by atoms with Crippen LogP contribution in [0.5, 0.6) is 0 Å². The molecule has 0 saturated heterocycles. The maximum Gasteiger partial charge on any atom is 0.165 e. The van der Waals surface area contributed by atoms with Gasteiger partial charge < -0.3 is 19.9 Å². The van der Waals surface area contributed by atoms with E-state index in [1.54, 1.807) is 18.3 Å². The van der Waals surface area contributed by atoms with Crippen molar-refractivity contribution in [1.29, 1.82) is 0 Å². The zero-order chi connectivity index (χ0) is 39.5. The predicted molar refractivity (Wildman–Crippen MR) is 236 cm³/mol. The molecule has 9 rings (SSSR count). The molecule has 270 valence electrons. The zero-order valence-electron chi connectivity index (χ0n) is 30.9. The number of aromatic nitrogens is 4. The maximum atomic E-state index is 11.2. The van der Waals surface area contributed by atoms with Crippen molar-refractivity contribution >= 4 is 96.4 Å². The van der Waals surface area contributed by atoms with Crippen molar-refractivity contribution in [2.24, 2.45) is 0 Å². The average Bonchev–Trinajstić information content (AvgIpc) is 3.82. The van der Waals surface area contributed by atoms with E-state index in [2.05, 4.69) is 101 Å². The van der Waals surface area contributed by atoms with Gasteiger partial charge in [0, 0.05) is 71.0 Å². The molecule has 56 heavy (non-hydrogen) atoms. The third-order valence-corrected chi connectivity index (χ3v) is 10.8. The number of aliphatic hydroxyl groups is 3. The number of allylic oxidation sites excluding steroid dienone is 3. The quantitative estimate of drug-likeness (QED) is 0.0649. The highest BCUT2D eigenvalue weighted by Crippen LogP contribution is 2.48. The van der Waals surface area contributed by atoms with Crippen LogP contribution < -0.4 is 0 Å². The topological polar surface area (TPSA) is 104 Å². The average molecular weight is 747 g/mol. The Hall–Kier alpha value is -6.56. The molecule has 4 radical (unpaired) electrons. The summed E-state index contributed by atoms with van der Waals surface area (Å²) in [5.74, 6) is -0.980. The second kappa shape index (κ2) is 16.0. The van der Waals surface area contributed by atoms with Crippen molar-refractivity contribution in [3.63, 3.8) is 0 Å². The number of fused-ring (bicyclic) bond motifs is 11. The van der Waals surface area contributed by atoms with E-state index in [0.717, 1.165) is 27.5 Å². The predicted octanol–water partition coefficient (Wildman–Crippen LogP) is 11.7. The molecule has 0 aliphatic carbocycles. The summed E-state index contributed by atoms with van der Waals surface area (Å²) in [4.78, 5) is 14.2. The molecule has 9 aromatic rings. The molecule has 0 bridgehead atoms. The lowest BCUT2D eigenvalue weighted by molar-refractivity contribution is 0.326. The van der Waals surface area contributed by atoms with E-state index < -0.39 is 5.76 Å². The van der Waals surface area contributed by atoms with Crippen molar-refractivity contribution in [2.75, 3.05) is 0 Å². The number of thiophene rings is 1. The van der Waals surface area contributed by atoms with Gasteiger partial charge in [0.05, 0.1) is 43.8 Å². The van der Waals surface area contributed by atoms with Gasteiger partial charge in [0.25, 0.3) is 0 Å². The van der Waals surface area contributed by atoms with Crippen LogP contribution in [-0.4, -0.2) is 50.5 Å². The number of hydrogen-bond donors (Lipinski definition) is 3. The van der Waals surface area contributed by atoms with Crippen LogP contribution in [0.25, 0.3) is 86.4 Å². The highest BCUT2D eigenvalue weighted by molar-refractivity contribution is 7.27. The normalized spacial score (nSPS) is 12.3. The Morgan fingerprint density at radius 3 is 2.14 bits per heavy atom. The van der Waals surface area contributed by atoms with Gasteiger partial charge in [0.15, 0.2) is 17.2 Å². The molecule has 0 fully saturated rings. The Morgan fingerprint density at radius 2 is 1.39 bits per heavy atom. The van der Waals surface area contributed by atoms with Gasteiger partial charge in [0.1, 0.15) is 5.76 Å². The highest BCUT2D eigenvalue weighted by atomic mass is 32.1. The van der Waals surface area contributed by atoms with Crippen LogP contribution in [0.4, 0.5) is 0 Å². The van der Waals surface area contributed by atoms with Crippen molar-refractivity contribution in [3.8, 4) is 29.9 Å². The fourth-order valence-electron chi connectivity index (χ4n) is 7.34. The van der Waals surface area contributed by atoms with Crippen LogP contribution in [0.2, 0.25) is 12.6 Å². The van der Waals surface area contributed by atoms with Gasteiger partial charge in [-0.25, -0.2) is 15.0 Å². The first-order valence-corrected chi connectivity index (χ1v) is 19.1. The number of nitrogens with zero attached hydrogens (tertiary/aromatic N) is 4. The van der Waals surface area contributed by atoms with Crippen LogP contribution in [0, 0.1) is 12.8 Å². The lowest BCUT2D eigenvalue weighted by atomic mass is 9.94. The van der Waals surface area contributed by atoms with E-state index >= 15 is 0 Å². The minimum Gasteiger partial charge on any atom is -0.512 e. The van der Waals surface area contributed by atoms with E-state index in [1.807, 2.05) is 43.4 Å². The van der Waals surface area contributed by atoms with Gasteiger partial charge in [-0.15, -0.1) is 24.2 Å². The van der Waals surface area contributed by atoms with Gasteiger partial charge in [-0.05, 0) is 42.7 Å². The molecule has 0 aliphatic heterocycles. The van der Waals surface area contributed by atoms with E-state index in [-0.39, 0.29) is 41.8 Å². The summed E-state index contributed by atoms with van der Waals surface area (Å²) >= 11 is 1.83. The molecule has 3 N–H and O–H groups in total. The minimum atomic E-state index is -0.554. The maximum absolute atomic E-state index is 11.2. The third kappa shape index (κ3) is 6.20. The number of para-hydroxylation sites is 1. The van der Waals surface area contributed by atoms with Crippen LogP contribution in [-0.2, 0) is 0 Å². The lowest BCUT2D eigenvalue weighted by Gasteiger charge is -2.15. The largest absolute Gasteiger partial charge is 0.512 e. The smallest absolute Gasteiger partial charge is 0.165 e. The molecule has 0 spiro atoms. The first kappa shape index (κ1) is 37.7. The molecule has 7 nitrogen and oxygen atoms in total. The van der Waals surface area contributed by atoms with E-state index in [0.29, 0.717) is 22.4 Å². The lowest BCUT2D eigenvalue weighted by Crippen LogP contribution is -2.05.